The molecule has 1 aliphatic rings. The second-order valence-corrected chi connectivity index (χ2v) is 7.74. The van der Waals surface area contributed by atoms with Crippen molar-refractivity contribution < 1.29 is 24.2 Å². The number of carbonyl (C=O) groups excluding carboxylic acids is 2. The second kappa shape index (κ2) is 9.92. The number of hydrogen-bond donors (Lipinski definition) is 3. The fraction of sp³-hybridized carbons (Fsp3) is 0.148. The molecule has 0 saturated heterocycles. The Morgan fingerprint density at radius 2 is 1.59 bits per heavy atom. The van der Waals surface area contributed by atoms with Gasteiger partial charge in [-0.05, 0) is 46.7 Å². The lowest BCUT2D eigenvalue weighted by Gasteiger charge is -2.14. The summed E-state index contributed by atoms with van der Waals surface area (Å²) in [6, 6.07) is 20.9. The summed E-state index contributed by atoms with van der Waals surface area (Å²) < 4.78 is 5.41. The zero-order valence-electron chi connectivity index (χ0n) is 18.4. The van der Waals surface area contributed by atoms with Crippen molar-refractivity contribution in [1.29, 1.82) is 0 Å². The molecule has 0 bridgehead atoms. The molecular formula is C27H22N2O5. The Labute approximate surface area is 196 Å². The summed E-state index contributed by atoms with van der Waals surface area (Å²) in [6.45, 7) is 1.73. The lowest BCUT2D eigenvalue weighted by atomic mass is 9.98. The Hall–Kier alpha value is -4.57. The number of amides is 2. The highest BCUT2D eigenvalue weighted by Gasteiger charge is 2.28. The number of anilines is 1. The highest BCUT2D eigenvalue weighted by Crippen LogP contribution is 2.44. The molecule has 0 aliphatic heterocycles. The molecular weight excluding hydrogens is 432 g/mol. The normalized spacial score (nSPS) is 11.4. The summed E-state index contributed by atoms with van der Waals surface area (Å²) in [4.78, 5) is 35.6. The van der Waals surface area contributed by atoms with Crippen LogP contribution in [0, 0.1) is 18.8 Å². The van der Waals surface area contributed by atoms with Crippen molar-refractivity contribution in [3.05, 3.63) is 89.0 Å². The molecule has 0 heterocycles. The quantitative estimate of drug-likeness (QED) is 0.502. The Kier molecular flexibility index (Phi) is 6.60. The average Bonchev–Trinajstić information content (AvgIpc) is 3.14. The van der Waals surface area contributed by atoms with E-state index in [0.717, 1.165) is 22.3 Å². The van der Waals surface area contributed by atoms with E-state index in [1.807, 2.05) is 36.4 Å². The second-order valence-electron chi connectivity index (χ2n) is 7.74. The van der Waals surface area contributed by atoms with E-state index >= 15 is 0 Å². The Morgan fingerprint density at radius 3 is 2.24 bits per heavy atom. The molecule has 3 N–H and O–H groups in total. The first kappa shape index (κ1) is 22.6. The third-order valence-electron chi connectivity index (χ3n) is 5.60. The maximum Gasteiger partial charge on any atom is 0.407 e. The number of rotatable bonds is 5. The molecule has 7 heteroatoms. The number of fused-ring (bicyclic) bond motifs is 3. The van der Waals surface area contributed by atoms with Gasteiger partial charge < -0.3 is 20.5 Å². The van der Waals surface area contributed by atoms with Crippen LogP contribution in [0.4, 0.5) is 10.5 Å². The van der Waals surface area contributed by atoms with E-state index in [1.54, 1.807) is 19.1 Å². The predicted molar refractivity (Wildman–Crippen MR) is 128 cm³/mol. The molecule has 0 spiro atoms. The van der Waals surface area contributed by atoms with Crippen molar-refractivity contribution in [2.75, 3.05) is 18.5 Å². The smallest absolute Gasteiger partial charge is 0.407 e. The first-order chi connectivity index (χ1) is 16.5. The molecule has 4 rings (SSSR count). The number of nitrogens with one attached hydrogen (secondary N) is 2. The monoisotopic (exact) mass is 454 g/mol. The zero-order chi connectivity index (χ0) is 24.1. The third kappa shape index (κ3) is 4.76. The number of carboxylic acid groups (broad SMARTS) is 1. The van der Waals surface area contributed by atoms with Gasteiger partial charge in [0.05, 0.1) is 17.8 Å². The predicted octanol–water partition coefficient (Wildman–Crippen LogP) is 4.17. The van der Waals surface area contributed by atoms with E-state index < -0.39 is 18.0 Å². The van der Waals surface area contributed by atoms with Crippen molar-refractivity contribution >= 4 is 23.7 Å². The minimum atomic E-state index is -1.14. The molecule has 34 heavy (non-hydrogen) atoms. The lowest BCUT2D eigenvalue weighted by Crippen LogP contribution is -2.26. The first-order valence-corrected chi connectivity index (χ1v) is 10.7. The van der Waals surface area contributed by atoms with Crippen LogP contribution < -0.4 is 10.6 Å². The van der Waals surface area contributed by atoms with Crippen LogP contribution in [0.5, 0.6) is 0 Å². The number of carboxylic acids is 1. The largest absolute Gasteiger partial charge is 0.478 e. The van der Waals surface area contributed by atoms with Gasteiger partial charge in [-0.25, -0.2) is 9.59 Å². The fourth-order valence-electron chi connectivity index (χ4n) is 4.10. The summed E-state index contributed by atoms with van der Waals surface area (Å²) in [6.07, 6.45) is -0.636. The van der Waals surface area contributed by atoms with Crippen LogP contribution in [0.3, 0.4) is 0 Å². The molecule has 7 nitrogen and oxygen atoms in total. The number of aryl methyl sites for hydroxylation is 1. The standard InChI is InChI=1S/C27H22N2O5/c1-17-8-6-13-23(25(17)26(31)32)29-24(30)14-7-15-28-27(33)34-16-22-20-11-4-2-9-18(20)19-10-3-5-12-21(19)22/h2-6,8-13,22H,15-16H2,1H3,(H,28,33)(H,29,30)(H,31,32). The topological polar surface area (TPSA) is 105 Å². The van der Waals surface area contributed by atoms with Crippen molar-refractivity contribution in [2.45, 2.75) is 12.8 Å². The number of benzene rings is 3. The summed E-state index contributed by atoms with van der Waals surface area (Å²) in [7, 11) is 0. The number of aromatic carboxylic acids is 1. The van der Waals surface area contributed by atoms with Crippen molar-refractivity contribution in [1.82, 2.24) is 5.32 Å². The molecule has 3 aromatic rings. The Bertz CT molecular complexity index is 1290. The van der Waals surface area contributed by atoms with Crippen LogP contribution >= 0.6 is 0 Å². The van der Waals surface area contributed by atoms with Gasteiger partial charge in [0.25, 0.3) is 5.91 Å². The highest BCUT2D eigenvalue weighted by atomic mass is 16.5. The van der Waals surface area contributed by atoms with E-state index in [1.165, 1.54) is 6.07 Å². The van der Waals surface area contributed by atoms with Gasteiger partial charge in [-0.3, -0.25) is 4.79 Å². The van der Waals surface area contributed by atoms with Gasteiger partial charge in [0, 0.05) is 5.92 Å². The molecule has 1 aliphatic carbocycles. The maximum absolute atomic E-state index is 12.1. The van der Waals surface area contributed by atoms with Crippen molar-refractivity contribution in [3.63, 3.8) is 0 Å². The molecule has 3 aromatic carbocycles. The van der Waals surface area contributed by atoms with Crippen LogP contribution in [-0.4, -0.2) is 36.2 Å². The molecule has 0 fully saturated rings. The van der Waals surface area contributed by atoms with Crippen LogP contribution in [-0.2, 0) is 9.53 Å². The summed E-state index contributed by atoms with van der Waals surface area (Å²) in [5.74, 6) is 3.00. The SMILES string of the molecule is Cc1cccc(NC(=O)C#CCNC(=O)OCC2c3ccccc3-c3ccccc32)c1C(=O)O. The number of ether oxygens (including phenoxy) is 1. The van der Waals surface area contributed by atoms with Crippen LogP contribution in [0.2, 0.25) is 0 Å². The van der Waals surface area contributed by atoms with Crippen LogP contribution in [0.15, 0.2) is 66.7 Å². The average molecular weight is 454 g/mol. The van der Waals surface area contributed by atoms with Gasteiger partial charge >= 0.3 is 12.1 Å². The van der Waals surface area contributed by atoms with Gasteiger partial charge in [-0.15, -0.1) is 0 Å². The summed E-state index contributed by atoms with van der Waals surface area (Å²) >= 11 is 0. The number of hydrogen-bond acceptors (Lipinski definition) is 4. The fourth-order valence-corrected chi connectivity index (χ4v) is 4.10. The van der Waals surface area contributed by atoms with E-state index in [4.69, 9.17) is 4.74 Å². The van der Waals surface area contributed by atoms with Gasteiger partial charge in [-0.1, -0.05) is 66.6 Å². The molecule has 0 aromatic heterocycles. The van der Waals surface area contributed by atoms with Crippen molar-refractivity contribution in [3.8, 4) is 23.0 Å². The van der Waals surface area contributed by atoms with Crippen LogP contribution in [0.25, 0.3) is 11.1 Å². The Morgan fingerprint density at radius 1 is 0.941 bits per heavy atom. The Balaban J connectivity index is 1.30. The van der Waals surface area contributed by atoms with E-state index in [2.05, 4.69) is 34.6 Å². The van der Waals surface area contributed by atoms with Gasteiger partial charge in [0.1, 0.15) is 6.61 Å². The van der Waals surface area contributed by atoms with E-state index in [0.29, 0.717) is 5.56 Å². The third-order valence-corrected chi connectivity index (χ3v) is 5.60. The minimum Gasteiger partial charge on any atom is -0.478 e. The molecule has 2 amide bonds. The van der Waals surface area contributed by atoms with E-state index in [9.17, 15) is 19.5 Å². The van der Waals surface area contributed by atoms with Gasteiger partial charge in [-0.2, -0.15) is 0 Å². The minimum absolute atomic E-state index is 0.00872. The van der Waals surface area contributed by atoms with Crippen molar-refractivity contribution in [2.24, 2.45) is 0 Å². The number of alkyl carbamates (subject to hydrolysis) is 1. The van der Waals surface area contributed by atoms with Gasteiger partial charge in [0.15, 0.2) is 0 Å². The maximum atomic E-state index is 12.1. The molecule has 170 valence electrons. The molecule has 0 atom stereocenters. The highest BCUT2D eigenvalue weighted by molar-refractivity contribution is 6.08. The van der Waals surface area contributed by atoms with Crippen LogP contribution in [0.1, 0.15) is 33.0 Å². The van der Waals surface area contributed by atoms with Gasteiger partial charge in [0.2, 0.25) is 0 Å². The lowest BCUT2D eigenvalue weighted by molar-refractivity contribution is -0.111. The zero-order valence-corrected chi connectivity index (χ0v) is 18.4. The summed E-state index contributed by atoms with van der Waals surface area (Å²) in [5, 5.41) is 14.3. The summed E-state index contributed by atoms with van der Waals surface area (Å²) in [5.41, 5.74) is 5.21. The van der Waals surface area contributed by atoms with E-state index in [-0.39, 0.29) is 30.3 Å². The molecule has 0 saturated carbocycles. The number of carbonyl (C=O) groups is 3. The first-order valence-electron chi connectivity index (χ1n) is 10.7. The molecule has 0 radical (unpaired) electrons. The molecule has 0 unspecified atom stereocenters.